The predicted molar refractivity (Wildman–Crippen MR) is 51.6 cm³/mol. The minimum absolute atomic E-state index is 0.307. The van der Waals surface area contributed by atoms with Gasteiger partial charge in [-0.2, -0.15) is 0 Å². The number of rotatable bonds is 2. The van der Waals surface area contributed by atoms with E-state index in [0.29, 0.717) is 12.5 Å². The molecule has 0 radical (unpaired) electrons. The summed E-state index contributed by atoms with van der Waals surface area (Å²) < 4.78 is 0. The molecule has 2 heterocycles. The van der Waals surface area contributed by atoms with Crippen molar-refractivity contribution in [3.05, 3.63) is 24.5 Å². The van der Waals surface area contributed by atoms with Crippen molar-refractivity contribution < 1.29 is 5.11 Å². The fourth-order valence-electron chi connectivity index (χ4n) is 1.77. The van der Waals surface area contributed by atoms with E-state index in [1.165, 1.54) is 5.69 Å². The molecule has 2 rings (SSSR count). The van der Waals surface area contributed by atoms with Crippen LogP contribution in [0.15, 0.2) is 24.5 Å². The highest BCUT2D eigenvalue weighted by Crippen LogP contribution is 2.22. The monoisotopic (exact) mass is 178 g/mol. The number of hydrogen-bond acceptors (Lipinski definition) is 3. The van der Waals surface area contributed by atoms with Crippen molar-refractivity contribution >= 4 is 5.69 Å². The first-order valence-corrected chi connectivity index (χ1v) is 4.66. The molecule has 0 bridgehead atoms. The molecule has 0 aromatic carbocycles. The van der Waals surface area contributed by atoms with Crippen LogP contribution in [0.5, 0.6) is 0 Å². The number of aliphatic hydroxyl groups excluding tert-OH is 1. The molecule has 0 spiro atoms. The minimum atomic E-state index is 0.307. The van der Waals surface area contributed by atoms with Gasteiger partial charge in [-0.3, -0.25) is 4.98 Å². The molecular formula is C10H14N2O. The lowest BCUT2D eigenvalue weighted by Crippen LogP contribution is -2.20. The fourth-order valence-corrected chi connectivity index (χ4v) is 1.77. The molecule has 1 atom stereocenters. The molecule has 1 aliphatic rings. The van der Waals surface area contributed by atoms with Gasteiger partial charge in [0.1, 0.15) is 0 Å². The zero-order valence-electron chi connectivity index (χ0n) is 7.56. The Hall–Kier alpha value is -1.09. The Balaban J connectivity index is 2.04. The van der Waals surface area contributed by atoms with Crippen molar-refractivity contribution in [2.24, 2.45) is 5.92 Å². The smallest absolute Gasteiger partial charge is 0.0476 e. The van der Waals surface area contributed by atoms with Crippen LogP contribution in [0.25, 0.3) is 0 Å². The van der Waals surface area contributed by atoms with Gasteiger partial charge in [0.2, 0.25) is 0 Å². The first kappa shape index (κ1) is 8.51. The third kappa shape index (κ3) is 1.80. The Morgan fingerprint density at radius 2 is 2.23 bits per heavy atom. The molecular weight excluding hydrogens is 164 g/mol. The number of aliphatic hydroxyl groups is 1. The third-order valence-electron chi connectivity index (χ3n) is 2.57. The molecule has 0 amide bonds. The molecule has 1 fully saturated rings. The lowest BCUT2D eigenvalue weighted by molar-refractivity contribution is 0.238. The van der Waals surface area contributed by atoms with E-state index in [9.17, 15) is 0 Å². The first-order valence-electron chi connectivity index (χ1n) is 4.66. The number of aromatic nitrogens is 1. The van der Waals surface area contributed by atoms with E-state index in [0.717, 1.165) is 19.5 Å². The molecule has 13 heavy (non-hydrogen) atoms. The molecule has 1 saturated heterocycles. The average Bonchev–Trinajstić information content (AvgIpc) is 2.67. The summed E-state index contributed by atoms with van der Waals surface area (Å²) >= 11 is 0. The normalized spacial score (nSPS) is 22.2. The summed E-state index contributed by atoms with van der Waals surface area (Å²) in [4.78, 5) is 6.27. The van der Waals surface area contributed by atoms with Gasteiger partial charge in [-0.25, -0.2) is 0 Å². The predicted octanol–water partition coefficient (Wildman–Crippen LogP) is 0.900. The summed E-state index contributed by atoms with van der Waals surface area (Å²) in [5.41, 5.74) is 1.21. The second-order valence-electron chi connectivity index (χ2n) is 3.49. The summed E-state index contributed by atoms with van der Waals surface area (Å²) in [6, 6.07) is 4.03. The van der Waals surface area contributed by atoms with E-state index in [2.05, 4.69) is 9.88 Å². The number of anilines is 1. The molecule has 1 unspecified atom stereocenters. The van der Waals surface area contributed by atoms with Crippen LogP contribution >= 0.6 is 0 Å². The van der Waals surface area contributed by atoms with Gasteiger partial charge in [0.25, 0.3) is 0 Å². The van der Waals surface area contributed by atoms with Crippen LogP contribution in [0.3, 0.4) is 0 Å². The summed E-state index contributed by atoms with van der Waals surface area (Å²) in [6.45, 7) is 2.33. The van der Waals surface area contributed by atoms with Gasteiger partial charge < -0.3 is 10.0 Å². The number of nitrogens with zero attached hydrogens (tertiary/aromatic N) is 2. The minimum Gasteiger partial charge on any atom is -0.396 e. The number of hydrogen-bond donors (Lipinski definition) is 1. The van der Waals surface area contributed by atoms with Gasteiger partial charge in [0.15, 0.2) is 0 Å². The van der Waals surface area contributed by atoms with Crippen LogP contribution in [-0.4, -0.2) is 29.8 Å². The maximum Gasteiger partial charge on any atom is 0.0476 e. The Kier molecular flexibility index (Phi) is 2.45. The fraction of sp³-hybridized carbons (Fsp3) is 0.500. The second kappa shape index (κ2) is 3.75. The molecule has 1 aliphatic heterocycles. The zero-order chi connectivity index (χ0) is 9.10. The third-order valence-corrected chi connectivity index (χ3v) is 2.57. The maximum atomic E-state index is 8.99. The number of pyridine rings is 1. The van der Waals surface area contributed by atoms with E-state index >= 15 is 0 Å². The van der Waals surface area contributed by atoms with E-state index in [1.54, 1.807) is 0 Å². The van der Waals surface area contributed by atoms with Crippen LogP contribution in [-0.2, 0) is 0 Å². The molecule has 70 valence electrons. The van der Waals surface area contributed by atoms with Crippen molar-refractivity contribution in [1.29, 1.82) is 0 Å². The molecule has 3 nitrogen and oxygen atoms in total. The Labute approximate surface area is 78.0 Å². The first-order chi connectivity index (χ1) is 6.40. The van der Waals surface area contributed by atoms with Crippen molar-refractivity contribution in [3.8, 4) is 0 Å². The second-order valence-corrected chi connectivity index (χ2v) is 3.49. The van der Waals surface area contributed by atoms with E-state index in [-0.39, 0.29) is 0 Å². The lowest BCUT2D eigenvalue weighted by atomic mass is 10.1. The van der Waals surface area contributed by atoms with E-state index < -0.39 is 0 Å². The lowest BCUT2D eigenvalue weighted by Gasteiger charge is -2.17. The SMILES string of the molecule is OCC1CCN(c2ccncc2)C1. The highest BCUT2D eigenvalue weighted by Gasteiger charge is 2.21. The Morgan fingerprint density at radius 3 is 2.85 bits per heavy atom. The average molecular weight is 178 g/mol. The summed E-state index contributed by atoms with van der Waals surface area (Å²) in [5, 5.41) is 8.99. The van der Waals surface area contributed by atoms with Crippen molar-refractivity contribution in [3.63, 3.8) is 0 Å². The molecule has 1 aromatic heterocycles. The van der Waals surface area contributed by atoms with E-state index in [4.69, 9.17) is 5.11 Å². The van der Waals surface area contributed by atoms with Crippen LogP contribution in [0, 0.1) is 5.92 Å². The highest BCUT2D eigenvalue weighted by atomic mass is 16.3. The summed E-state index contributed by atoms with van der Waals surface area (Å²) in [5.74, 6) is 0.452. The summed E-state index contributed by atoms with van der Waals surface area (Å²) in [7, 11) is 0. The largest absolute Gasteiger partial charge is 0.396 e. The van der Waals surface area contributed by atoms with Gasteiger partial charge in [-0.1, -0.05) is 0 Å². The molecule has 0 saturated carbocycles. The van der Waals surface area contributed by atoms with Gasteiger partial charge in [0.05, 0.1) is 0 Å². The van der Waals surface area contributed by atoms with Crippen LogP contribution in [0.4, 0.5) is 5.69 Å². The van der Waals surface area contributed by atoms with Gasteiger partial charge >= 0.3 is 0 Å². The molecule has 1 aromatic rings. The van der Waals surface area contributed by atoms with E-state index in [1.807, 2.05) is 24.5 Å². The maximum absolute atomic E-state index is 8.99. The van der Waals surface area contributed by atoms with Crippen molar-refractivity contribution in [2.75, 3.05) is 24.6 Å². The van der Waals surface area contributed by atoms with Crippen LogP contribution in [0.2, 0.25) is 0 Å². The molecule has 1 N–H and O–H groups in total. The standard InChI is InChI=1S/C10H14N2O/c13-8-9-3-6-12(7-9)10-1-4-11-5-2-10/h1-2,4-5,9,13H,3,6-8H2. The van der Waals surface area contributed by atoms with Gasteiger partial charge in [0, 0.05) is 43.7 Å². The molecule has 0 aliphatic carbocycles. The van der Waals surface area contributed by atoms with Crippen molar-refractivity contribution in [2.45, 2.75) is 6.42 Å². The van der Waals surface area contributed by atoms with Crippen molar-refractivity contribution in [1.82, 2.24) is 4.98 Å². The summed E-state index contributed by atoms with van der Waals surface area (Å²) in [6.07, 6.45) is 4.71. The van der Waals surface area contributed by atoms with Crippen LogP contribution < -0.4 is 4.90 Å². The van der Waals surface area contributed by atoms with Gasteiger partial charge in [-0.15, -0.1) is 0 Å². The molecule has 3 heteroatoms. The Bertz CT molecular complexity index is 263. The highest BCUT2D eigenvalue weighted by molar-refractivity contribution is 5.45. The zero-order valence-corrected chi connectivity index (χ0v) is 7.56. The quantitative estimate of drug-likeness (QED) is 0.731. The van der Waals surface area contributed by atoms with Crippen LogP contribution in [0.1, 0.15) is 6.42 Å². The van der Waals surface area contributed by atoms with Gasteiger partial charge in [-0.05, 0) is 18.6 Å². The topological polar surface area (TPSA) is 36.4 Å². The Morgan fingerprint density at radius 1 is 1.46 bits per heavy atom.